The van der Waals surface area contributed by atoms with Crippen molar-refractivity contribution in [3.8, 4) is 12.3 Å². The summed E-state index contributed by atoms with van der Waals surface area (Å²) in [7, 11) is 2.98. The molecule has 0 saturated carbocycles. The molecule has 0 heterocycles. The summed E-state index contributed by atoms with van der Waals surface area (Å²) in [5.74, 6) is 1.73. The van der Waals surface area contributed by atoms with Crippen molar-refractivity contribution >= 4 is 11.9 Å². The Hall–Kier alpha value is -1.50. The number of hydrogen-bond donors (Lipinski definition) is 0. The number of methoxy groups -OCH3 is 1. The van der Waals surface area contributed by atoms with Gasteiger partial charge in [0, 0.05) is 26.4 Å². The lowest BCUT2D eigenvalue weighted by atomic mass is 10.1. The van der Waals surface area contributed by atoms with Crippen molar-refractivity contribution in [3.05, 3.63) is 0 Å². The van der Waals surface area contributed by atoms with Crippen LogP contribution in [-0.4, -0.2) is 37.5 Å². The van der Waals surface area contributed by atoms with Gasteiger partial charge in [-0.2, -0.15) is 0 Å². The van der Waals surface area contributed by atoms with E-state index >= 15 is 0 Å². The van der Waals surface area contributed by atoms with Crippen LogP contribution in [0.25, 0.3) is 0 Å². The first-order valence-corrected chi connectivity index (χ1v) is 4.78. The molecule has 0 aliphatic carbocycles. The summed E-state index contributed by atoms with van der Waals surface area (Å²) >= 11 is 0. The van der Waals surface area contributed by atoms with Crippen LogP contribution in [0.15, 0.2) is 0 Å². The third-order valence-corrected chi connectivity index (χ3v) is 2.06. The molecule has 1 amide bonds. The topological polar surface area (TPSA) is 46.6 Å². The van der Waals surface area contributed by atoms with Crippen LogP contribution >= 0.6 is 0 Å². The smallest absolute Gasteiger partial charge is 0.310 e. The van der Waals surface area contributed by atoms with E-state index in [0.717, 1.165) is 0 Å². The normalized spacial score (nSPS) is 11.3. The van der Waals surface area contributed by atoms with Gasteiger partial charge in [0.2, 0.25) is 5.91 Å². The van der Waals surface area contributed by atoms with Gasteiger partial charge >= 0.3 is 5.97 Å². The fourth-order valence-corrected chi connectivity index (χ4v) is 1.16. The summed E-state index contributed by atoms with van der Waals surface area (Å²) in [6, 6.07) is 0. The molecule has 4 heteroatoms. The van der Waals surface area contributed by atoms with Gasteiger partial charge in [0.25, 0.3) is 0 Å². The molecular weight excluding hydrogens is 194 g/mol. The Morgan fingerprint density at radius 3 is 2.60 bits per heavy atom. The monoisotopic (exact) mass is 211 g/mol. The minimum atomic E-state index is -0.313. The lowest BCUT2D eigenvalue weighted by molar-refractivity contribution is -0.146. The molecule has 1 unspecified atom stereocenters. The number of nitrogens with zero attached hydrogens (tertiary/aromatic N) is 1. The van der Waals surface area contributed by atoms with Gasteiger partial charge in [-0.05, 0) is 0 Å². The van der Waals surface area contributed by atoms with Crippen molar-refractivity contribution in [3.63, 3.8) is 0 Å². The van der Waals surface area contributed by atoms with Gasteiger partial charge in [-0.15, -0.1) is 12.3 Å². The SMILES string of the molecule is C#CCCC(=O)N(C)CC(C)C(=O)OC. The second-order valence-corrected chi connectivity index (χ2v) is 3.40. The molecule has 4 nitrogen and oxygen atoms in total. The van der Waals surface area contributed by atoms with E-state index in [1.165, 1.54) is 12.0 Å². The van der Waals surface area contributed by atoms with Gasteiger partial charge in [0.1, 0.15) is 0 Å². The zero-order chi connectivity index (χ0) is 11.8. The van der Waals surface area contributed by atoms with Gasteiger partial charge in [-0.25, -0.2) is 0 Å². The number of esters is 1. The quantitative estimate of drug-likeness (QED) is 0.496. The maximum atomic E-state index is 11.4. The molecule has 0 aromatic carbocycles. The molecule has 0 spiro atoms. The fourth-order valence-electron chi connectivity index (χ4n) is 1.16. The molecule has 15 heavy (non-hydrogen) atoms. The van der Waals surface area contributed by atoms with Crippen molar-refractivity contribution < 1.29 is 14.3 Å². The molecule has 0 saturated heterocycles. The Morgan fingerprint density at radius 1 is 1.53 bits per heavy atom. The first-order valence-electron chi connectivity index (χ1n) is 4.78. The summed E-state index contributed by atoms with van der Waals surface area (Å²) in [4.78, 5) is 24.0. The zero-order valence-electron chi connectivity index (χ0n) is 9.45. The van der Waals surface area contributed by atoms with E-state index in [4.69, 9.17) is 6.42 Å². The molecule has 0 aliphatic rings. The lowest BCUT2D eigenvalue weighted by Crippen LogP contribution is -2.33. The third-order valence-electron chi connectivity index (χ3n) is 2.06. The predicted molar refractivity (Wildman–Crippen MR) is 56.9 cm³/mol. The molecule has 0 fully saturated rings. The summed E-state index contributed by atoms with van der Waals surface area (Å²) in [6.07, 6.45) is 5.80. The van der Waals surface area contributed by atoms with Crippen LogP contribution in [0.3, 0.4) is 0 Å². The molecule has 0 aromatic rings. The van der Waals surface area contributed by atoms with Gasteiger partial charge in [0.15, 0.2) is 0 Å². The number of terminal acetylenes is 1. The summed E-state index contributed by atoms with van der Waals surface area (Å²) in [5, 5.41) is 0. The van der Waals surface area contributed by atoms with E-state index in [0.29, 0.717) is 19.4 Å². The van der Waals surface area contributed by atoms with E-state index in [9.17, 15) is 9.59 Å². The standard InChI is InChI=1S/C11H17NO3/c1-5-6-7-10(13)12(3)8-9(2)11(14)15-4/h1,9H,6-8H2,2-4H3. The van der Waals surface area contributed by atoms with Gasteiger partial charge in [0.05, 0.1) is 13.0 Å². The second kappa shape index (κ2) is 6.88. The van der Waals surface area contributed by atoms with Crippen molar-refractivity contribution in [1.29, 1.82) is 0 Å². The highest BCUT2D eigenvalue weighted by atomic mass is 16.5. The van der Waals surface area contributed by atoms with E-state index in [-0.39, 0.29) is 17.8 Å². The molecule has 0 N–H and O–H groups in total. The Bertz CT molecular complexity index is 267. The first kappa shape index (κ1) is 13.5. The van der Waals surface area contributed by atoms with E-state index in [2.05, 4.69) is 10.7 Å². The Balaban J connectivity index is 4.02. The molecule has 0 bridgehead atoms. The minimum Gasteiger partial charge on any atom is -0.469 e. The van der Waals surface area contributed by atoms with Crippen LogP contribution in [-0.2, 0) is 14.3 Å². The number of amides is 1. The summed E-state index contributed by atoms with van der Waals surface area (Å²) < 4.78 is 4.56. The molecular formula is C11H17NO3. The number of carbonyl (C=O) groups is 2. The van der Waals surface area contributed by atoms with E-state index in [1.54, 1.807) is 14.0 Å². The van der Waals surface area contributed by atoms with Crippen LogP contribution in [0.1, 0.15) is 19.8 Å². The average molecular weight is 211 g/mol. The van der Waals surface area contributed by atoms with E-state index < -0.39 is 0 Å². The third kappa shape index (κ3) is 5.06. The molecule has 0 rings (SSSR count). The van der Waals surface area contributed by atoms with Crippen LogP contribution in [0.4, 0.5) is 0 Å². The largest absolute Gasteiger partial charge is 0.469 e. The number of rotatable bonds is 5. The lowest BCUT2D eigenvalue weighted by Gasteiger charge is -2.19. The van der Waals surface area contributed by atoms with Gasteiger partial charge in [-0.3, -0.25) is 9.59 Å². The number of hydrogen-bond acceptors (Lipinski definition) is 3. The highest BCUT2D eigenvalue weighted by Crippen LogP contribution is 2.03. The van der Waals surface area contributed by atoms with Gasteiger partial charge < -0.3 is 9.64 Å². The van der Waals surface area contributed by atoms with Crippen LogP contribution < -0.4 is 0 Å². The zero-order valence-corrected chi connectivity index (χ0v) is 9.45. The number of ether oxygens (including phenoxy) is 1. The second-order valence-electron chi connectivity index (χ2n) is 3.40. The fraction of sp³-hybridized carbons (Fsp3) is 0.636. The molecule has 0 radical (unpaired) electrons. The van der Waals surface area contributed by atoms with E-state index in [1.807, 2.05) is 0 Å². The maximum absolute atomic E-state index is 11.4. The maximum Gasteiger partial charge on any atom is 0.310 e. The van der Waals surface area contributed by atoms with Crippen LogP contribution in [0, 0.1) is 18.3 Å². The van der Waals surface area contributed by atoms with Crippen LogP contribution in [0.5, 0.6) is 0 Å². The van der Waals surface area contributed by atoms with Crippen molar-refractivity contribution in [1.82, 2.24) is 4.90 Å². The highest BCUT2D eigenvalue weighted by Gasteiger charge is 2.17. The summed E-state index contributed by atoms with van der Waals surface area (Å²) in [6.45, 7) is 2.08. The predicted octanol–water partition coefficient (Wildman–Crippen LogP) is 0.667. The number of carbonyl (C=O) groups excluding carboxylic acids is 2. The van der Waals surface area contributed by atoms with Crippen molar-refractivity contribution in [2.45, 2.75) is 19.8 Å². The molecule has 1 atom stereocenters. The average Bonchev–Trinajstić information content (AvgIpc) is 2.24. The van der Waals surface area contributed by atoms with Gasteiger partial charge in [-0.1, -0.05) is 6.92 Å². The summed E-state index contributed by atoms with van der Waals surface area (Å²) in [5.41, 5.74) is 0. The van der Waals surface area contributed by atoms with Crippen molar-refractivity contribution in [2.75, 3.05) is 20.7 Å². The Labute approximate surface area is 90.6 Å². The molecule has 84 valence electrons. The van der Waals surface area contributed by atoms with Crippen molar-refractivity contribution in [2.24, 2.45) is 5.92 Å². The molecule has 0 aliphatic heterocycles. The first-order chi connectivity index (χ1) is 7.02. The van der Waals surface area contributed by atoms with Crippen LogP contribution in [0.2, 0.25) is 0 Å². The minimum absolute atomic E-state index is 0.0521. The highest BCUT2D eigenvalue weighted by molar-refractivity contribution is 5.77. The Morgan fingerprint density at radius 2 is 2.13 bits per heavy atom. The Kier molecular flexibility index (Phi) is 6.19. The molecule has 0 aromatic heterocycles.